The minimum atomic E-state index is -0.262. The predicted molar refractivity (Wildman–Crippen MR) is 280 cm³/mol. The highest BCUT2D eigenvalue weighted by molar-refractivity contribution is 5.92. The molecule has 0 saturated heterocycles. The number of hydrogen-bond donors (Lipinski definition) is 4. The van der Waals surface area contributed by atoms with Gasteiger partial charge in [0.2, 0.25) is 23.6 Å². The van der Waals surface area contributed by atoms with Crippen LogP contribution in [0.1, 0.15) is 83.1 Å². The maximum absolute atomic E-state index is 13.1. The molecule has 0 aromatic carbocycles. The Kier molecular flexibility index (Phi) is 16.0. The number of nitrogens with one attached hydrogen (secondary N) is 4. The van der Waals surface area contributed by atoms with Gasteiger partial charge in [-0.3, -0.25) is 39.1 Å². The van der Waals surface area contributed by atoms with Crippen LogP contribution in [0.25, 0.3) is 0 Å². The maximum Gasteiger partial charge on any atom is 0.231 e. The Balaban J connectivity index is 0.893. The van der Waals surface area contributed by atoms with Gasteiger partial charge in [0, 0.05) is 59.4 Å². The van der Waals surface area contributed by atoms with E-state index in [1.165, 1.54) is 0 Å². The molecule has 0 aliphatic heterocycles. The summed E-state index contributed by atoms with van der Waals surface area (Å²) in [6.45, 7) is 0. The molecule has 0 spiro atoms. The minimum absolute atomic E-state index is 0.0835. The molecule has 6 unspecified atom stereocenters. The Morgan fingerprint density at radius 1 is 0.395 bits per heavy atom. The molecule has 2 aliphatic rings. The summed E-state index contributed by atoms with van der Waals surface area (Å²) in [4.78, 5) is 68.8. The van der Waals surface area contributed by atoms with Crippen molar-refractivity contribution < 1.29 is 19.2 Å². The van der Waals surface area contributed by atoms with Gasteiger partial charge < -0.3 is 21.3 Å². The summed E-state index contributed by atoms with van der Waals surface area (Å²) < 4.78 is 0. The summed E-state index contributed by atoms with van der Waals surface area (Å²) in [5.74, 6) is 0.711. The molecule has 20 nitrogen and oxygen atoms in total. The van der Waals surface area contributed by atoms with E-state index in [2.05, 4.69) is 71.8 Å². The van der Waals surface area contributed by atoms with E-state index < -0.39 is 0 Å². The van der Waals surface area contributed by atoms with Crippen molar-refractivity contribution in [1.82, 2.24) is 60.7 Å². The molecular formula is C56H54N16O4. The average Bonchev–Trinajstić information content (AvgIpc) is 4.03. The lowest BCUT2D eigenvalue weighted by atomic mass is 9.73. The Labute approximate surface area is 437 Å². The summed E-state index contributed by atoms with van der Waals surface area (Å²) in [5, 5.41) is 48.0. The van der Waals surface area contributed by atoms with Gasteiger partial charge in [-0.15, -0.1) is 20.4 Å². The van der Waals surface area contributed by atoms with E-state index in [0.717, 1.165) is 48.5 Å². The smallest absolute Gasteiger partial charge is 0.231 e. The average molecular weight is 1020 g/mol. The van der Waals surface area contributed by atoms with Crippen molar-refractivity contribution in [3.63, 3.8) is 0 Å². The van der Waals surface area contributed by atoms with Gasteiger partial charge in [-0.25, -0.2) is 0 Å². The number of carbonyl (C=O) groups is 4. The van der Waals surface area contributed by atoms with Crippen LogP contribution in [0.15, 0.2) is 146 Å². The molecule has 8 aromatic rings. The van der Waals surface area contributed by atoms with Gasteiger partial charge in [-0.1, -0.05) is 24.3 Å². The van der Waals surface area contributed by atoms with Crippen LogP contribution in [0.5, 0.6) is 0 Å². The van der Waals surface area contributed by atoms with Crippen LogP contribution in [0.2, 0.25) is 0 Å². The SMILES string of the molecule is O=C(Cc1ccccn1)Nc1ccc(CC2CCC(C(c3ccc(NC(=O)Cc4ccccn4)nn3)C(c3ccc(NC(=O)Cc4ccccn4)nn3)C3CC3Cc3ccc(NC(=O)Cc4ccccn4)nn3)C2)nn1. The molecule has 6 atom stereocenters. The predicted octanol–water partition coefficient (Wildman–Crippen LogP) is 6.56. The summed E-state index contributed by atoms with van der Waals surface area (Å²) in [7, 11) is 0. The zero-order valence-electron chi connectivity index (χ0n) is 41.4. The van der Waals surface area contributed by atoms with E-state index in [-0.39, 0.29) is 84.8 Å². The first-order valence-corrected chi connectivity index (χ1v) is 25.3. The molecule has 8 heterocycles. The van der Waals surface area contributed by atoms with Gasteiger partial charge in [-0.2, -0.15) is 20.4 Å². The zero-order chi connectivity index (χ0) is 52.1. The van der Waals surface area contributed by atoms with Crippen LogP contribution >= 0.6 is 0 Å². The minimum Gasteiger partial charge on any atom is -0.309 e. The molecule has 382 valence electrons. The van der Waals surface area contributed by atoms with Crippen molar-refractivity contribution in [2.24, 2.45) is 23.7 Å². The quantitative estimate of drug-likeness (QED) is 0.0594. The van der Waals surface area contributed by atoms with Crippen LogP contribution in [0.4, 0.5) is 23.3 Å². The van der Waals surface area contributed by atoms with E-state index in [9.17, 15) is 19.2 Å². The molecule has 76 heavy (non-hydrogen) atoms. The monoisotopic (exact) mass is 1010 g/mol. The highest BCUT2D eigenvalue weighted by Gasteiger charge is 2.51. The third-order valence-electron chi connectivity index (χ3n) is 13.7. The van der Waals surface area contributed by atoms with Crippen molar-refractivity contribution in [2.45, 2.75) is 76.0 Å². The van der Waals surface area contributed by atoms with Gasteiger partial charge in [0.25, 0.3) is 0 Å². The van der Waals surface area contributed by atoms with E-state index in [4.69, 9.17) is 10.2 Å². The first kappa shape index (κ1) is 50.3. The van der Waals surface area contributed by atoms with Crippen LogP contribution in [0, 0.1) is 23.7 Å². The first-order valence-electron chi connectivity index (χ1n) is 25.3. The molecule has 0 bridgehead atoms. The Morgan fingerprint density at radius 2 is 0.789 bits per heavy atom. The van der Waals surface area contributed by atoms with Gasteiger partial charge in [-0.05, 0) is 159 Å². The van der Waals surface area contributed by atoms with Gasteiger partial charge in [0.1, 0.15) is 0 Å². The number of amides is 4. The van der Waals surface area contributed by atoms with E-state index in [0.29, 0.717) is 58.9 Å². The van der Waals surface area contributed by atoms with Crippen molar-refractivity contribution in [3.8, 4) is 0 Å². The number of hydrogen-bond acceptors (Lipinski definition) is 16. The van der Waals surface area contributed by atoms with Gasteiger partial charge >= 0.3 is 0 Å². The summed E-state index contributed by atoms with van der Waals surface area (Å²) >= 11 is 0. The summed E-state index contributed by atoms with van der Waals surface area (Å²) in [6.07, 6.45) is 11.9. The highest BCUT2D eigenvalue weighted by Crippen LogP contribution is 2.58. The second kappa shape index (κ2) is 24.2. The molecule has 2 saturated carbocycles. The fourth-order valence-corrected chi connectivity index (χ4v) is 10.2. The number of nitrogens with zero attached hydrogens (tertiary/aromatic N) is 12. The third kappa shape index (κ3) is 13.9. The van der Waals surface area contributed by atoms with Gasteiger partial charge in [0.05, 0.1) is 48.5 Å². The maximum atomic E-state index is 13.1. The molecule has 8 aromatic heterocycles. The van der Waals surface area contributed by atoms with Crippen molar-refractivity contribution in [2.75, 3.05) is 21.3 Å². The molecule has 4 N–H and O–H groups in total. The van der Waals surface area contributed by atoms with Crippen LogP contribution in [0.3, 0.4) is 0 Å². The van der Waals surface area contributed by atoms with Crippen LogP contribution in [-0.4, -0.2) is 84.4 Å². The van der Waals surface area contributed by atoms with Crippen molar-refractivity contribution in [3.05, 3.63) is 192 Å². The lowest BCUT2D eigenvalue weighted by Gasteiger charge is -2.32. The lowest BCUT2D eigenvalue weighted by Crippen LogP contribution is -2.25. The van der Waals surface area contributed by atoms with E-state index >= 15 is 0 Å². The Bertz CT molecular complexity index is 3200. The topological polar surface area (TPSA) is 271 Å². The number of carbonyl (C=O) groups excluding carboxylic acids is 4. The molecule has 0 radical (unpaired) electrons. The van der Waals surface area contributed by atoms with Gasteiger partial charge in [0.15, 0.2) is 23.3 Å². The largest absolute Gasteiger partial charge is 0.309 e. The zero-order valence-corrected chi connectivity index (χ0v) is 41.4. The number of pyridine rings is 4. The molecule has 10 rings (SSSR count). The highest BCUT2D eigenvalue weighted by atomic mass is 16.2. The Hall–Kier alpha value is -9.20. The molecule has 4 amide bonds. The van der Waals surface area contributed by atoms with Crippen molar-refractivity contribution >= 4 is 46.9 Å². The second-order valence-electron chi connectivity index (χ2n) is 19.2. The number of anilines is 4. The molecular weight excluding hydrogens is 961 g/mol. The summed E-state index contributed by atoms with van der Waals surface area (Å²) in [6, 6.07) is 36.6. The van der Waals surface area contributed by atoms with Crippen LogP contribution < -0.4 is 21.3 Å². The molecule has 20 heteroatoms. The molecule has 2 fully saturated rings. The van der Waals surface area contributed by atoms with E-state index in [1.54, 1.807) is 97.6 Å². The number of rotatable bonds is 21. The lowest BCUT2D eigenvalue weighted by molar-refractivity contribution is -0.116. The number of aromatic nitrogens is 12. The normalized spacial score (nSPS) is 17.4. The fourth-order valence-electron chi connectivity index (χ4n) is 10.2. The standard InChI is InChI=1S/C56H54N16O4/c73-51(31-38-9-1-5-23-57-38)61-47-19-15-42(65-69-47)28-35-13-14-36(27-35)55(45-17-21-49(71-67-45)63-53(75)33-40-11-3-7-25-59-40)56(46-18-22-50(72-68-46)64-54(76)34-41-12-4-8-26-60-41)44-30-37(44)29-43-16-20-48(70-66-43)62-52(74)32-39-10-2-6-24-58-39/h1-12,15-26,35-37,44,55-56H,13-14,27-34H2,(H,61,69,73)(H,62,70,74)(H,63,71,75)(H,64,72,76). The molecule has 2 aliphatic carbocycles. The Morgan fingerprint density at radius 3 is 1.16 bits per heavy atom. The van der Waals surface area contributed by atoms with Crippen LogP contribution in [-0.2, 0) is 57.7 Å². The van der Waals surface area contributed by atoms with E-state index in [1.807, 2.05) is 48.5 Å². The third-order valence-corrected chi connectivity index (χ3v) is 13.7. The van der Waals surface area contributed by atoms with Crippen molar-refractivity contribution in [1.29, 1.82) is 0 Å². The fraction of sp³-hybridized carbons (Fsp3) is 0.286. The second-order valence-corrected chi connectivity index (χ2v) is 19.2. The first-order chi connectivity index (χ1) is 37.2. The summed E-state index contributed by atoms with van der Waals surface area (Å²) in [5.41, 5.74) is 5.70.